The fraction of sp³-hybridized carbons (Fsp3) is 0. The van der Waals surface area contributed by atoms with Gasteiger partial charge in [0.1, 0.15) is 0 Å². The van der Waals surface area contributed by atoms with Gasteiger partial charge in [-0.15, -0.1) is 0 Å². The van der Waals surface area contributed by atoms with E-state index in [1.54, 1.807) is 0 Å². The quantitative estimate of drug-likeness (QED) is 0.379. The molecule has 0 radical (unpaired) electrons. The van der Waals surface area contributed by atoms with E-state index in [-0.39, 0.29) is 5.91 Å². The van der Waals surface area contributed by atoms with Crippen molar-refractivity contribution in [2.24, 2.45) is 17.2 Å². The summed E-state index contributed by atoms with van der Waals surface area (Å²) in [5, 5.41) is 0.537. The fourth-order valence-electron chi connectivity index (χ4n) is 0. The first-order chi connectivity index (χ1) is 7.18. The first-order valence-corrected chi connectivity index (χ1v) is 4.98. The van der Waals surface area contributed by atoms with Gasteiger partial charge in [-0.2, -0.15) is 0 Å². The monoisotopic (exact) mass is 243 g/mol. The highest BCUT2D eigenvalue weighted by molar-refractivity contribution is 6.35. The van der Waals surface area contributed by atoms with Crippen LogP contribution in [0.5, 0.6) is 0 Å². The summed E-state index contributed by atoms with van der Waals surface area (Å²) in [6.45, 7) is 9.51. The van der Waals surface area contributed by atoms with E-state index in [0.29, 0.717) is 15.4 Å². The Morgan fingerprint density at radius 1 is 0.938 bits per heavy atom. The van der Waals surface area contributed by atoms with Gasteiger partial charge in [0, 0.05) is 10.2 Å². The van der Waals surface area contributed by atoms with E-state index in [4.69, 9.17) is 5.73 Å². The summed E-state index contributed by atoms with van der Waals surface area (Å²) in [7, 11) is 0.684. The number of nitrogens with two attached hydrogens (primary N) is 3. The van der Waals surface area contributed by atoms with Gasteiger partial charge in [0.15, 0.2) is 0 Å². The average Bonchev–Trinajstić information content (AvgIpc) is 2.19. The van der Waals surface area contributed by atoms with Gasteiger partial charge in [-0.3, -0.25) is 14.4 Å². The highest BCUT2D eigenvalue weighted by atomic mass is 28.1. The van der Waals surface area contributed by atoms with Crippen LogP contribution in [0, 0.1) is 0 Å². The zero-order valence-corrected chi connectivity index (χ0v) is 11.2. The predicted octanol–water partition coefficient (Wildman–Crippen LogP) is -2.33. The lowest BCUT2D eigenvalue weighted by atomic mass is 10.6. The molecule has 0 aromatic rings. The Balaban J connectivity index is -0.000000160. The molecule has 7 heteroatoms. The number of carbonyl (C=O) groups excluding carboxylic acids is 3. The third-order valence-electron chi connectivity index (χ3n) is 0.823. The number of primary amides is 3. The summed E-state index contributed by atoms with van der Waals surface area (Å²) in [5.41, 5.74) is 13.8. The molecule has 6 N–H and O–H groups in total. The summed E-state index contributed by atoms with van der Waals surface area (Å²) in [6.07, 6.45) is 2.11. The van der Waals surface area contributed by atoms with Gasteiger partial charge < -0.3 is 17.2 Å². The SMILES string of the molecule is C=C([SiH3])C(N)=O.C=CC(N)=O.C=CC(N)=O. The van der Waals surface area contributed by atoms with Crippen molar-refractivity contribution in [3.63, 3.8) is 0 Å². The zero-order valence-electron chi connectivity index (χ0n) is 9.23. The normalized spacial score (nSPS) is 7.00. The van der Waals surface area contributed by atoms with Gasteiger partial charge in [-0.05, 0) is 17.3 Å². The molecule has 3 amide bonds. The maximum Gasteiger partial charge on any atom is 0.240 e. The molecule has 16 heavy (non-hydrogen) atoms. The topological polar surface area (TPSA) is 129 Å². The molecule has 0 heterocycles. The molecule has 0 aromatic heterocycles. The van der Waals surface area contributed by atoms with Crippen LogP contribution in [0.2, 0.25) is 0 Å². The van der Waals surface area contributed by atoms with Gasteiger partial charge in [0.25, 0.3) is 0 Å². The number of amides is 3. The molecule has 0 aliphatic heterocycles. The van der Waals surface area contributed by atoms with Crippen LogP contribution in [0.15, 0.2) is 37.1 Å². The Morgan fingerprint density at radius 2 is 1.06 bits per heavy atom. The molecular weight excluding hydrogens is 226 g/mol. The van der Waals surface area contributed by atoms with Crippen LogP contribution in [-0.4, -0.2) is 28.0 Å². The van der Waals surface area contributed by atoms with Crippen LogP contribution in [0.25, 0.3) is 0 Å². The molecule has 0 saturated heterocycles. The van der Waals surface area contributed by atoms with Crippen molar-refractivity contribution >= 4 is 28.0 Å². The highest BCUT2D eigenvalue weighted by Crippen LogP contribution is 1.70. The molecule has 0 fully saturated rings. The summed E-state index contributed by atoms with van der Waals surface area (Å²) in [6, 6.07) is 0. The predicted molar refractivity (Wildman–Crippen MR) is 67.1 cm³/mol. The van der Waals surface area contributed by atoms with Gasteiger partial charge in [0.05, 0.1) is 0 Å². The largest absolute Gasteiger partial charge is 0.366 e. The second-order valence-corrected chi connectivity index (χ2v) is 3.56. The first-order valence-electron chi connectivity index (χ1n) is 3.98. The lowest BCUT2D eigenvalue weighted by Gasteiger charge is -1.81. The van der Waals surface area contributed by atoms with Crippen molar-refractivity contribution < 1.29 is 14.4 Å². The third kappa shape index (κ3) is 40.8. The zero-order chi connectivity index (χ0) is 13.7. The van der Waals surface area contributed by atoms with E-state index < -0.39 is 11.8 Å². The van der Waals surface area contributed by atoms with Gasteiger partial charge in [0.2, 0.25) is 17.7 Å². The smallest absolute Gasteiger partial charge is 0.240 e. The van der Waals surface area contributed by atoms with E-state index in [1.165, 1.54) is 0 Å². The molecule has 0 aliphatic rings. The standard InChI is InChI=1S/C3H7NOSi.2C3H5NO/c1-2(6)3(4)5;2*1-2-3(4)5/h1H2,6H3,(H2,4,5);2*2H,1H2,(H2,4,5). The van der Waals surface area contributed by atoms with E-state index in [0.717, 1.165) is 12.2 Å². The minimum absolute atomic E-state index is 0.373. The number of rotatable bonds is 3. The van der Waals surface area contributed by atoms with Crippen LogP contribution in [0.3, 0.4) is 0 Å². The van der Waals surface area contributed by atoms with Crippen molar-refractivity contribution in [1.82, 2.24) is 0 Å². The van der Waals surface area contributed by atoms with Crippen LogP contribution in [0.1, 0.15) is 0 Å². The molecule has 0 atom stereocenters. The fourth-order valence-corrected chi connectivity index (χ4v) is 0. The molecule has 0 bridgehead atoms. The summed E-state index contributed by atoms with van der Waals surface area (Å²) < 4.78 is 0. The number of hydrogen-bond donors (Lipinski definition) is 3. The average molecular weight is 243 g/mol. The second-order valence-electron chi connectivity index (χ2n) is 2.36. The van der Waals surface area contributed by atoms with Crippen LogP contribution in [0.4, 0.5) is 0 Å². The molecule has 0 saturated carbocycles. The van der Waals surface area contributed by atoms with E-state index in [2.05, 4.69) is 31.2 Å². The Bertz CT molecular complexity index is 270. The van der Waals surface area contributed by atoms with E-state index >= 15 is 0 Å². The van der Waals surface area contributed by atoms with Crippen LogP contribution >= 0.6 is 0 Å². The van der Waals surface area contributed by atoms with Crippen molar-refractivity contribution in [3.8, 4) is 0 Å². The van der Waals surface area contributed by atoms with Crippen molar-refractivity contribution in [1.29, 1.82) is 0 Å². The maximum atomic E-state index is 9.86. The van der Waals surface area contributed by atoms with Gasteiger partial charge >= 0.3 is 0 Å². The van der Waals surface area contributed by atoms with Crippen molar-refractivity contribution in [2.75, 3.05) is 0 Å². The summed E-state index contributed by atoms with van der Waals surface area (Å²) in [5.74, 6) is -1.34. The lowest BCUT2D eigenvalue weighted by molar-refractivity contribution is -0.114. The molecule has 0 aromatic carbocycles. The molecular formula is C9H17N3O3Si. The van der Waals surface area contributed by atoms with Gasteiger partial charge in [-0.1, -0.05) is 19.7 Å². The number of carbonyl (C=O) groups is 3. The molecule has 90 valence electrons. The van der Waals surface area contributed by atoms with Crippen molar-refractivity contribution in [2.45, 2.75) is 0 Å². The third-order valence-corrected chi connectivity index (χ3v) is 1.32. The highest BCUT2D eigenvalue weighted by Gasteiger charge is 1.86. The van der Waals surface area contributed by atoms with E-state index in [1.807, 2.05) is 0 Å². The Morgan fingerprint density at radius 3 is 1.06 bits per heavy atom. The first kappa shape index (κ1) is 19.4. The molecule has 0 unspecified atom stereocenters. The minimum Gasteiger partial charge on any atom is -0.366 e. The van der Waals surface area contributed by atoms with Gasteiger partial charge in [-0.25, -0.2) is 0 Å². The van der Waals surface area contributed by atoms with Crippen LogP contribution < -0.4 is 17.2 Å². The molecule has 0 aliphatic carbocycles. The summed E-state index contributed by atoms with van der Waals surface area (Å²) in [4.78, 5) is 28.8. The number of hydrogen-bond acceptors (Lipinski definition) is 3. The second kappa shape index (κ2) is 12.8. The Labute approximate surface area is 97.3 Å². The lowest BCUT2D eigenvalue weighted by Crippen LogP contribution is -2.12. The minimum atomic E-state index is -0.481. The molecule has 0 spiro atoms. The molecule has 6 nitrogen and oxygen atoms in total. The van der Waals surface area contributed by atoms with Crippen LogP contribution in [-0.2, 0) is 14.4 Å². The Kier molecular flexibility index (Phi) is 15.6. The Hall–Kier alpha value is -2.15. The summed E-state index contributed by atoms with van der Waals surface area (Å²) >= 11 is 0. The van der Waals surface area contributed by atoms with Crippen molar-refractivity contribution in [3.05, 3.63) is 37.1 Å². The maximum absolute atomic E-state index is 9.86. The van der Waals surface area contributed by atoms with E-state index in [9.17, 15) is 14.4 Å². The molecule has 0 rings (SSSR count).